The van der Waals surface area contributed by atoms with Crippen LogP contribution in [0.3, 0.4) is 0 Å². The van der Waals surface area contributed by atoms with Crippen LogP contribution in [0.1, 0.15) is 38.8 Å². The molecule has 9 heteroatoms. The van der Waals surface area contributed by atoms with Gasteiger partial charge >= 0.3 is 6.09 Å². The average molecular weight is 368 g/mol. The lowest BCUT2D eigenvalue weighted by molar-refractivity contribution is -0.00495. The molecule has 3 rings (SSSR count). The van der Waals surface area contributed by atoms with Gasteiger partial charge < -0.3 is 19.3 Å². The molecule has 0 unspecified atom stereocenters. The van der Waals surface area contributed by atoms with E-state index in [0.717, 1.165) is 5.56 Å². The fourth-order valence-corrected chi connectivity index (χ4v) is 3.04. The number of imidazole rings is 1. The van der Waals surface area contributed by atoms with Gasteiger partial charge in [-0.3, -0.25) is 0 Å². The van der Waals surface area contributed by atoms with Crippen LogP contribution in [0.2, 0.25) is 5.15 Å². The molecule has 0 bridgehead atoms. The highest BCUT2D eigenvalue weighted by molar-refractivity contribution is 6.30. The molecule has 25 heavy (non-hydrogen) atoms. The molecule has 1 aliphatic rings. The van der Waals surface area contributed by atoms with E-state index in [1.807, 2.05) is 27.7 Å². The lowest BCUT2D eigenvalue weighted by atomic mass is 10.0. The maximum Gasteiger partial charge on any atom is 0.410 e. The summed E-state index contributed by atoms with van der Waals surface area (Å²) in [6.45, 7) is 8.05. The third-order valence-corrected chi connectivity index (χ3v) is 4.58. The van der Waals surface area contributed by atoms with Crippen molar-refractivity contribution in [3.05, 3.63) is 17.0 Å². The first kappa shape index (κ1) is 17.9. The third kappa shape index (κ3) is 3.55. The van der Waals surface area contributed by atoms with E-state index < -0.39 is 11.7 Å². The Hall–Kier alpha value is -1.93. The summed E-state index contributed by atoms with van der Waals surface area (Å²) >= 11 is 6.00. The Labute approximate surface area is 150 Å². The monoisotopic (exact) mass is 367 g/mol. The number of hydrogen-bond donors (Lipinski definition) is 1. The number of likely N-dealkylation sites (tertiary alicyclic amines) is 1. The molecule has 1 amide bonds. The Kier molecular flexibility index (Phi) is 4.59. The van der Waals surface area contributed by atoms with Gasteiger partial charge in [-0.05, 0) is 34.1 Å². The first-order chi connectivity index (χ1) is 11.7. The minimum Gasteiger partial charge on any atom is -0.444 e. The number of aliphatic hydroxyl groups is 1. The van der Waals surface area contributed by atoms with Crippen molar-refractivity contribution in [2.75, 3.05) is 13.1 Å². The zero-order valence-electron chi connectivity index (χ0n) is 14.7. The summed E-state index contributed by atoms with van der Waals surface area (Å²) in [6, 6.07) is -0.374. The SMILES string of the molecule is Cc1c(Cl)nnc2c1ncn2[C@H]1CN(C(=O)OC(C)(C)C)CC[C@H]1O. The number of amides is 1. The van der Waals surface area contributed by atoms with Gasteiger partial charge in [-0.25, -0.2) is 9.78 Å². The van der Waals surface area contributed by atoms with Gasteiger partial charge in [-0.1, -0.05) is 11.6 Å². The summed E-state index contributed by atoms with van der Waals surface area (Å²) in [5.41, 5.74) is 1.35. The molecule has 0 aliphatic carbocycles. The Balaban J connectivity index is 1.88. The number of carbonyl (C=O) groups excluding carboxylic acids is 1. The maximum absolute atomic E-state index is 12.3. The summed E-state index contributed by atoms with van der Waals surface area (Å²) in [7, 11) is 0. The number of rotatable bonds is 1. The normalized spacial score (nSPS) is 21.6. The van der Waals surface area contributed by atoms with Gasteiger partial charge in [0.2, 0.25) is 0 Å². The van der Waals surface area contributed by atoms with Gasteiger partial charge in [-0.2, -0.15) is 0 Å². The first-order valence-corrected chi connectivity index (χ1v) is 8.56. The summed E-state index contributed by atoms with van der Waals surface area (Å²) in [5, 5.41) is 18.8. The molecular formula is C16H22ClN5O3. The number of fused-ring (bicyclic) bond motifs is 1. The molecule has 136 valence electrons. The molecule has 2 aromatic heterocycles. The van der Waals surface area contributed by atoms with Gasteiger partial charge in [0.1, 0.15) is 11.1 Å². The standard InChI is InChI=1S/C16H22ClN5O3/c1-9-12-14(20-19-13(9)17)22(8-18-12)10-7-21(6-5-11(10)23)15(24)25-16(2,3)4/h8,10-11,23H,5-7H2,1-4H3/t10-,11+/m0/s1. The first-order valence-electron chi connectivity index (χ1n) is 8.18. The van der Waals surface area contributed by atoms with Crippen LogP contribution in [0.4, 0.5) is 4.79 Å². The van der Waals surface area contributed by atoms with Gasteiger partial charge in [0.25, 0.3) is 0 Å². The van der Waals surface area contributed by atoms with Crippen LogP contribution in [0.15, 0.2) is 6.33 Å². The predicted molar refractivity (Wildman–Crippen MR) is 92.5 cm³/mol. The fourth-order valence-electron chi connectivity index (χ4n) is 2.91. The van der Waals surface area contributed by atoms with E-state index >= 15 is 0 Å². The summed E-state index contributed by atoms with van der Waals surface area (Å²) in [5.74, 6) is 0. The number of piperidine rings is 1. The molecule has 1 fully saturated rings. The lowest BCUT2D eigenvalue weighted by Crippen LogP contribution is -2.48. The van der Waals surface area contributed by atoms with Crippen LogP contribution in [-0.2, 0) is 4.74 Å². The Morgan fingerprint density at radius 2 is 2.12 bits per heavy atom. The molecule has 0 radical (unpaired) electrons. The fraction of sp³-hybridized carbons (Fsp3) is 0.625. The third-order valence-electron chi connectivity index (χ3n) is 4.22. The molecule has 2 atom stereocenters. The summed E-state index contributed by atoms with van der Waals surface area (Å²) in [4.78, 5) is 18.3. The topological polar surface area (TPSA) is 93.4 Å². The number of ether oxygens (including phenoxy) is 1. The van der Waals surface area contributed by atoms with Crippen molar-refractivity contribution in [2.24, 2.45) is 0 Å². The van der Waals surface area contributed by atoms with E-state index in [2.05, 4.69) is 15.2 Å². The van der Waals surface area contributed by atoms with E-state index in [4.69, 9.17) is 16.3 Å². The number of aliphatic hydroxyl groups excluding tert-OH is 1. The van der Waals surface area contributed by atoms with Crippen molar-refractivity contribution < 1.29 is 14.6 Å². The largest absolute Gasteiger partial charge is 0.444 e. The number of carbonyl (C=O) groups is 1. The second-order valence-corrected chi connectivity index (χ2v) is 7.65. The quantitative estimate of drug-likeness (QED) is 0.831. The number of aromatic nitrogens is 4. The molecule has 1 aliphatic heterocycles. The van der Waals surface area contributed by atoms with Gasteiger partial charge in [-0.15, -0.1) is 10.2 Å². The Bertz CT molecular complexity index is 801. The zero-order chi connectivity index (χ0) is 18.4. The van der Waals surface area contributed by atoms with Crippen LogP contribution in [-0.4, -0.2) is 60.6 Å². The predicted octanol–water partition coefficient (Wildman–Crippen LogP) is 2.33. The van der Waals surface area contributed by atoms with Crippen molar-refractivity contribution in [2.45, 2.75) is 51.9 Å². The molecule has 0 saturated carbocycles. The number of nitrogens with zero attached hydrogens (tertiary/aromatic N) is 5. The Morgan fingerprint density at radius 3 is 2.80 bits per heavy atom. The summed E-state index contributed by atoms with van der Waals surface area (Å²) < 4.78 is 7.19. The number of aryl methyl sites for hydroxylation is 1. The highest BCUT2D eigenvalue weighted by Crippen LogP contribution is 2.28. The molecule has 0 aromatic carbocycles. The van der Waals surface area contributed by atoms with Crippen molar-refractivity contribution in [3.63, 3.8) is 0 Å². The van der Waals surface area contributed by atoms with E-state index in [0.29, 0.717) is 35.8 Å². The molecule has 2 aromatic rings. The van der Waals surface area contributed by atoms with Crippen molar-refractivity contribution in [3.8, 4) is 0 Å². The number of halogens is 1. The minimum absolute atomic E-state index is 0.303. The second kappa shape index (κ2) is 6.42. The van der Waals surface area contributed by atoms with Crippen LogP contribution in [0.5, 0.6) is 0 Å². The van der Waals surface area contributed by atoms with E-state index in [1.54, 1.807) is 15.8 Å². The van der Waals surface area contributed by atoms with Crippen molar-refractivity contribution >= 4 is 28.9 Å². The molecule has 3 heterocycles. The van der Waals surface area contributed by atoms with Crippen LogP contribution < -0.4 is 0 Å². The van der Waals surface area contributed by atoms with Crippen molar-refractivity contribution in [1.82, 2.24) is 24.6 Å². The maximum atomic E-state index is 12.3. The number of hydrogen-bond acceptors (Lipinski definition) is 6. The molecule has 0 spiro atoms. The highest BCUT2D eigenvalue weighted by Gasteiger charge is 2.34. The molecule has 1 saturated heterocycles. The van der Waals surface area contributed by atoms with Gasteiger partial charge in [0, 0.05) is 18.7 Å². The second-order valence-electron chi connectivity index (χ2n) is 7.29. The summed E-state index contributed by atoms with van der Waals surface area (Å²) in [6.07, 6.45) is 1.05. The molecule has 8 nitrogen and oxygen atoms in total. The average Bonchev–Trinajstić information content (AvgIpc) is 2.94. The smallest absolute Gasteiger partial charge is 0.410 e. The van der Waals surface area contributed by atoms with E-state index in [1.165, 1.54) is 0 Å². The van der Waals surface area contributed by atoms with Crippen LogP contribution >= 0.6 is 11.6 Å². The highest BCUT2D eigenvalue weighted by atomic mass is 35.5. The molecular weight excluding hydrogens is 346 g/mol. The van der Waals surface area contributed by atoms with Crippen molar-refractivity contribution in [1.29, 1.82) is 0 Å². The minimum atomic E-state index is -0.617. The van der Waals surface area contributed by atoms with Crippen LogP contribution in [0.25, 0.3) is 11.2 Å². The zero-order valence-corrected chi connectivity index (χ0v) is 15.5. The van der Waals surface area contributed by atoms with Gasteiger partial charge in [0.15, 0.2) is 10.8 Å². The van der Waals surface area contributed by atoms with Crippen LogP contribution in [0, 0.1) is 6.92 Å². The van der Waals surface area contributed by atoms with E-state index in [-0.39, 0.29) is 12.1 Å². The van der Waals surface area contributed by atoms with E-state index in [9.17, 15) is 9.90 Å². The Morgan fingerprint density at radius 1 is 1.40 bits per heavy atom. The lowest BCUT2D eigenvalue weighted by Gasteiger charge is -2.37. The molecule has 1 N–H and O–H groups in total. The van der Waals surface area contributed by atoms with Gasteiger partial charge in [0.05, 0.1) is 18.5 Å².